The summed E-state index contributed by atoms with van der Waals surface area (Å²) in [5.41, 5.74) is 9.25. The van der Waals surface area contributed by atoms with Crippen molar-refractivity contribution in [3.8, 4) is 50.6 Å². The normalized spacial score (nSPS) is 11.5. The predicted molar refractivity (Wildman–Crippen MR) is 199 cm³/mol. The van der Waals surface area contributed by atoms with Crippen LogP contribution in [0.1, 0.15) is 5.56 Å². The Morgan fingerprint density at radius 1 is 0.348 bits per heavy atom. The first-order valence-electron chi connectivity index (χ1n) is 15.3. The van der Waals surface area contributed by atoms with Crippen LogP contribution in [0.2, 0.25) is 0 Å². The summed E-state index contributed by atoms with van der Waals surface area (Å²) in [4.78, 5) is 0. The van der Waals surface area contributed by atoms with Crippen molar-refractivity contribution in [2.24, 2.45) is 0 Å². The minimum atomic E-state index is 0.692. The Kier molecular flexibility index (Phi) is 6.31. The molecule has 0 aliphatic carbocycles. The number of rotatable bonds is 4. The fourth-order valence-electron chi connectivity index (χ4n) is 6.66. The van der Waals surface area contributed by atoms with Gasteiger partial charge in [-0.1, -0.05) is 103 Å². The lowest BCUT2D eigenvalue weighted by Crippen LogP contribution is -1.93. The summed E-state index contributed by atoms with van der Waals surface area (Å²) < 4.78 is 5.11. The number of nitrogens with zero attached hydrogens (tertiary/aromatic N) is 1. The number of fused-ring (bicyclic) bond motifs is 6. The van der Waals surface area contributed by atoms with Gasteiger partial charge in [-0.25, -0.2) is 0 Å². The largest absolute Gasteiger partial charge is 0.192 e. The third-order valence-corrected chi connectivity index (χ3v) is 11.3. The zero-order valence-electron chi connectivity index (χ0n) is 24.7. The molecule has 9 rings (SSSR count). The van der Waals surface area contributed by atoms with Crippen LogP contribution in [-0.4, -0.2) is 0 Å². The van der Waals surface area contributed by atoms with Crippen molar-refractivity contribution in [3.05, 3.63) is 157 Å². The quantitative estimate of drug-likeness (QED) is 0.192. The Labute approximate surface area is 274 Å². The molecule has 0 radical (unpaired) electrons. The number of hydrogen-bond donors (Lipinski definition) is 0. The van der Waals surface area contributed by atoms with Crippen LogP contribution in [0.4, 0.5) is 0 Å². The SMILES string of the molecule is N#Cc1c(-c2ccc(-c3ccccc3)cc2)cc(-c2ccc3sc4ccccc4c3c2)cc1-c1ccc2sc3ccccc3c2c1. The first-order chi connectivity index (χ1) is 22.7. The van der Waals surface area contributed by atoms with Crippen molar-refractivity contribution >= 4 is 63.0 Å². The second-order valence-electron chi connectivity index (χ2n) is 11.6. The molecule has 0 bridgehead atoms. The number of thiophene rings is 2. The molecule has 0 aliphatic rings. The first-order valence-corrected chi connectivity index (χ1v) is 16.9. The van der Waals surface area contributed by atoms with Gasteiger partial charge in [0.05, 0.1) is 5.56 Å². The van der Waals surface area contributed by atoms with Gasteiger partial charge in [-0.05, 0) is 81.9 Å². The van der Waals surface area contributed by atoms with Crippen molar-refractivity contribution in [1.82, 2.24) is 0 Å². The molecule has 0 aliphatic heterocycles. The summed E-state index contributed by atoms with van der Waals surface area (Å²) in [6, 6.07) is 56.7. The van der Waals surface area contributed by atoms with E-state index in [1.54, 1.807) is 0 Å². The van der Waals surface area contributed by atoms with Crippen molar-refractivity contribution in [2.75, 3.05) is 0 Å². The zero-order chi connectivity index (χ0) is 30.6. The fraction of sp³-hybridized carbons (Fsp3) is 0. The van der Waals surface area contributed by atoms with E-state index in [1.165, 1.54) is 45.9 Å². The molecule has 0 saturated carbocycles. The number of hydrogen-bond acceptors (Lipinski definition) is 3. The molecule has 2 aromatic heterocycles. The molecule has 2 heterocycles. The van der Waals surface area contributed by atoms with Gasteiger partial charge in [0.1, 0.15) is 6.07 Å². The lowest BCUT2D eigenvalue weighted by molar-refractivity contribution is 1.47. The summed E-state index contributed by atoms with van der Waals surface area (Å²) in [6.07, 6.45) is 0. The molecule has 1 nitrogen and oxygen atoms in total. The van der Waals surface area contributed by atoms with Gasteiger partial charge >= 0.3 is 0 Å². The van der Waals surface area contributed by atoms with E-state index in [0.717, 1.165) is 38.9 Å². The highest BCUT2D eigenvalue weighted by molar-refractivity contribution is 7.26. The van der Waals surface area contributed by atoms with E-state index >= 15 is 0 Å². The smallest absolute Gasteiger partial charge is 0.100 e. The minimum Gasteiger partial charge on any atom is -0.192 e. The van der Waals surface area contributed by atoms with Gasteiger partial charge in [-0.3, -0.25) is 0 Å². The second-order valence-corrected chi connectivity index (χ2v) is 13.8. The van der Waals surface area contributed by atoms with Crippen LogP contribution >= 0.6 is 22.7 Å². The van der Waals surface area contributed by atoms with E-state index < -0.39 is 0 Å². The van der Waals surface area contributed by atoms with Gasteiger partial charge in [-0.2, -0.15) is 5.26 Å². The molecule has 0 spiro atoms. The Balaban J connectivity index is 1.28. The van der Waals surface area contributed by atoms with Gasteiger partial charge in [0.25, 0.3) is 0 Å². The first kappa shape index (κ1) is 26.8. The lowest BCUT2D eigenvalue weighted by atomic mass is 9.87. The molecule has 0 amide bonds. The summed E-state index contributed by atoms with van der Waals surface area (Å²) in [6.45, 7) is 0. The van der Waals surface area contributed by atoms with Crippen LogP contribution in [0.3, 0.4) is 0 Å². The zero-order valence-corrected chi connectivity index (χ0v) is 26.3. The van der Waals surface area contributed by atoms with Gasteiger partial charge < -0.3 is 0 Å². The van der Waals surface area contributed by atoms with E-state index in [1.807, 2.05) is 28.7 Å². The van der Waals surface area contributed by atoms with Crippen LogP contribution in [-0.2, 0) is 0 Å². The molecule has 0 unspecified atom stereocenters. The Bertz CT molecular complexity index is 2630. The lowest BCUT2D eigenvalue weighted by Gasteiger charge is -2.15. The summed E-state index contributed by atoms with van der Waals surface area (Å²) in [5.74, 6) is 0. The van der Waals surface area contributed by atoms with Crippen molar-refractivity contribution in [2.45, 2.75) is 0 Å². The van der Waals surface area contributed by atoms with Crippen molar-refractivity contribution < 1.29 is 0 Å². The van der Waals surface area contributed by atoms with E-state index in [9.17, 15) is 5.26 Å². The van der Waals surface area contributed by atoms with Gasteiger partial charge in [-0.15, -0.1) is 22.7 Å². The van der Waals surface area contributed by atoms with Crippen LogP contribution in [0.5, 0.6) is 0 Å². The van der Waals surface area contributed by atoms with E-state index in [-0.39, 0.29) is 0 Å². The molecule has 9 aromatic rings. The molecule has 0 atom stereocenters. The Hall–Kier alpha value is -5.53. The van der Waals surface area contributed by atoms with E-state index in [2.05, 4.69) is 152 Å². The fourth-order valence-corrected chi connectivity index (χ4v) is 8.83. The monoisotopic (exact) mass is 619 g/mol. The maximum atomic E-state index is 10.7. The van der Waals surface area contributed by atoms with Gasteiger partial charge in [0.2, 0.25) is 0 Å². The summed E-state index contributed by atoms with van der Waals surface area (Å²) >= 11 is 3.65. The Morgan fingerprint density at radius 2 is 0.804 bits per heavy atom. The van der Waals surface area contributed by atoms with Crippen LogP contribution < -0.4 is 0 Å². The number of nitriles is 1. The molecule has 214 valence electrons. The van der Waals surface area contributed by atoms with Crippen molar-refractivity contribution in [3.63, 3.8) is 0 Å². The summed E-state index contributed by atoms with van der Waals surface area (Å²) in [7, 11) is 0. The maximum absolute atomic E-state index is 10.7. The molecular weight excluding hydrogens is 595 g/mol. The average Bonchev–Trinajstić information content (AvgIpc) is 3.69. The topological polar surface area (TPSA) is 23.8 Å². The molecule has 0 fully saturated rings. The third kappa shape index (κ3) is 4.43. The molecule has 0 N–H and O–H groups in total. The molecule has 3 heteroatoms. The minimum absolute atomic E-state index is 0.692. The van der Waals surface area contributed by atoms with Gasteiger partial charge in [0, 0.05) is 51.5 Å². The highest BCUT2D eigenvalue weighted by Gasteiger charge is 2.18. The maximum Gasteiger partial charge on any atom is 0.100 e. The molecular formula is C43H25NS2. The van der Waals surface area contributed by atoms with Crippen LogP contribution in [0, 0.1) is 11.3 Å². The third-order valence-electron chi connectivity index (χ3n) is 8.95. The van der Waals surface area contributed by atoms with Crippen LogP contribution in [0.25, 0.3) is 84.9 Å². The van der Waals surface area contributed by atoms with Gasteiger partial charge in [0.15, 0.2) is 0 Å². The van der Waals surface area contributed by atoms with E-state index in [0.29, 0.717) is 5.56 Å². The molecule has 7 aromatic carbocycles. The molecule has 46 heavy (non-hydrogen) atoms. The average molecular weight is 620 g/mol. The van der Waals surface area contributed by atoms with E-state index in [4.69, 9.17) is 0 Å². The highest BCUT2D eigenvalue weighted by atomic mass is 32.1. The highest BCUT2D eigenvalue weighted by Crippen LogP contribution is 2.42. The second kappa shape index (κ2) is 10.8. The summed E-state index contributed by atoms with van der Waals surface area (Å²) in [5, 5.41) is 15.8. The van der Waals surface area contributed by atoms with Crippen LogP contribution in [0.15, 0.2) is 152 Å². The Morgan fingerprint density at radius 3 is 1.43 bits per heavy atom. The standard InChI is InChI=1S/C43H25NS2/c44-26-39-35(29-16-14-28(15-17-29)27-8-2-1-3-9-27)24-32(30-18-20-42-37(22-30)33-10-4-6-12-40(33)45-42)25-36(39)31-19-21-43-38(23-31)34-11-5-7-13-41(34)46-43/h1-25H. The van der Waals surface area contributed by atoms with Crippen molar-refractivity contribution in [1.29, 1.82) is 5.26 Å². The molecule has 0 saturated heterocycles. The predicted octanol–water partition coefficient (Wildman–Crippen LogP) is 13.0. The number of benzene rings is 7.